The number of halogens is 2. The fourth-order valence-electron chi connectivity index (χ4n) is 2.14. The molecule has 0 aromatic heterocycles. The van der Waals surface area contributed by atoms with E-state index in [1.165, 1.54) is 21.5 Å². The molecule has 146 valence electrons. The van der Waals surface area contributed by atoms with Gasteiger partial charge in [0, 0.05) is 44.9 Å². The standard InChI is InChI=1S/2C9H7.2C2H7Si.2ClH.Hf/c2*1-2-5-9-7-3-6-8(9)4-1;2*1-3-2;;;/h2*1-7H;2*3H,1-2H3;2*1H;/q2*-1;;;;;. The van der Waals surface area contributed by atoms with Gasteiger partial charge in [0.2, 0.25) is 0 Å². The van der Waals surface area contributed by atoms with Gasteiger partial charge in [-0.3, -0.25) is 0 Å². The summed E-state index contributed by atoms with van der Waals surface area (Å²) in [6.45, 7) is 8.83. The van der Waals surface area contributed by atoms with Crippen LogP contribution >= 0.6 is 24.8 Å². The van der Waals surface area contributed by atoms with Crippen molar-refractivity contribution in [3.63, 3.8) is 0 Å². The molecule has 0 unspecified atom stereocenters. The number of hydrogen-bond acceptors (Lipinski definition) is 0. The van der Waals surface area contributed by atoms with Crippen molar-refractivity contribution in [3.8, 4) is 0 Å². The summed E-state index contributed by atoms with van der Waals surface area (Å²) >= 11 is 0. The first kappa shape index (κ1) is 31.2. The number of fused-ring (bicyclic) bond motifs is 2. The summed E-state index contributed by atoms with van der Waals surface area (Å²) in [5.41, 5.74) is 0. The van der Waals surface area contributed by atoms with E-state index in [0.717, 1.165) is 19.0 Å². The van der Waals surface area contributed by atoms with Crippen molar-refractivity contribution in [2.75, 3.05) is 0 Å². The van der Waals surface area contributed by atoms with Crippen LogP contribution in [0.25, 0.3) is 21.5 Å². The molecule has 27 heavy (non-hydrogen) atoms. The molecule has 2 radical (unpaired) electrons. The molecule has 4 aromatic carbocycles. The Labute approximate surface area is 201 Å². The quantitative estimate of drug-likeness (QED) is 0.151. The Morgan fingerprint density at radius 3 is 1.15 bits per heavy atom. The van der Waals surface area contributed by atoms with Gasteiger partial charge in [0.05, 0.1) is 0 Å². The van der Waals surface area contributed by atoms with Gasteiger partial charge in [-0.25, -0.2) is 0 Å². The SMILES string of the molecule is C[SiH]C.C[SiH]C.Cl.Cl.[Hf].c1ccc2[cH-]ccc2c1.c1ccc2[cH-]ccc2c1. The van der Waals surface area contributed by atoms with E-state index < -0.39 is 0 Å². The minimum Gasteiger partial charge on any atom is -0.168 e. The van der Waals surface area contributed by atoms with Gasteiger partial charge >= 0.3 is 0 Å². The predicted octanol–water partition coefficient (Wildman–Crippen LogP) is 7.00. The third kappa shape index (κ3) is 12.6. The van der Waals surface area contributed by atoms with Gasteiger partial charge in [-0.05, 0) is 0 Å². The van der Waals surface area contributed by atoms with E-state index in [1.54, 1.807) is 0 Å². The van der Waals surface area contributed by atoms with Crippen LogP contribution in [-0.2, 0) is 25.8 Å². The fraction of sp³-hybridized carbons (Fsp3) is 0.182. The zero-order chi connectivity index (χ0) is 17.6. The summed E-state index contributed by atoms with van der Waals surface area (Å²) in [6, 6.07) is 29.3. The van der Waals surface area contributed by atoms with E-state index in [0.29, 0.717) is 0 Å². The van der Waals surface area contributed by atoms with E-state index in [2.05, 4.69) is 111 Å². The second-order valence-corrected chi connectivity index (χ2v) is 7.77. The first-order chi connectivity index (χ1) is 11.8. The Hall–Kier alpha value is -0.456. The molecule has 0 nitrogen and oxygen atoms in total. The average Bonchev–Trinajstić information content (AvgIpc) is 3.26. The van der Waals surface area contributed by atoms with Gasteiger partial charge in [-0.2, -0.15) is 35.0 Å². The van der Waals surface area contributed by atoms with Crippen LogP contribution in [0.2, 0.25) is 26.2 Å². The molecule has 0 saturated carbocycles. The normalized spacial score (nSPS) is 8.15. The van der Waals surface area contributed by atoms with Crippen molar-refractivity contribution in [2.24, 2.45) is 0 Å². The largest absolute Gasteiger partial charge is 0.168 e. The molecule has 0 N–H and O–H groups in total. The second-order valence-electron chi connectivity index (χ2n) is 5.46. The maximum Gasteiger partial charge on any atom is 0.0213 e. The van der Waals surface area contributed by atoms with E-state index in [1.807, 2.05) is 0 Å². The first-order valence-electron chi connectivity index (χ1n) is 8.45. The molecule has 4 aromatic rings. The molecule has 0 saturated heterocycles. The van der Waals surface area contributed by atoms with Crippen molar-refractivity contribution in [1.82, 2.24) is 0 Å². The maximum atomic E-state index is 2.21. The Morgan fingerprint density at radius 1 is 0.556 bits per heavy atom. The van der Waals surface area contributed by atoms with Crippen LogP contribution in [0.4, 0.5) is 0 Å². The molecular weight excluding hydrogens is 570 g/mol. The zero-order valence-electron chi connectivity index (χ0n) is 16.6. The van der Waals surface area contributed by atoms with Gasteiger partial charge < -0.3 is 0 Å². The Bertz CT molecular complexity index is 668. The summed E-state index contributed by atoms with van der Waals surface area (Å²) in [5.74, 6) is 0. The van der Waals surface area contributed by atoms with Gasteiger partial charge in [0.15, 0.2) is 0 Å². The van der Waals surface area contributed by atoms with E-state index in [9.17, 15) is 0 Å². The second kappa shape index (κ2) is 20.3. The fourth-order valence-corrected chi connectivity index (χ4v) is 2.14. The third-order valence-corrected chi connectivity index (χ3v) is 3.10. The number of benzene rings is 2. The molecule has 0 amide bonds. The molecule has 0 aliphatic carbocycles. The number of hydrogen-bond donors (Lipinski definition) is 0. The summed E-state index contributed by atoms with van der Waals surface area (Å²) in [6.07, 6.45) is 0. The summed E-state index contributed by atoms with van der Waals surface area (Å²) < 4.78 is 0. The first-order valence-corrected chi connectivity index (χ1v) is 13.1. The Kier molecular flexibility index (Phi) is 23.5. The van der Waals surface area contributed by atoms with E-state index >= 15 is 0 Å². The molecule has 0 aliphatic heterocycles. The monoisotopic (exact) mass is 600 g/mol. The Morgan fingerprint density at radius 2 is 0.852 bits per heavy atom. The summed E-state index contributed by atoms with van der Waals surface area (Å²) in [5, 5.41) is 5.32. The molecule has 0 atom stereocenters. The topological polar surface area (TPSA) is 0 Å². The van der Waals surface area contributed by atoms with E-state index in [4.69, 9.17) is 0 Å². The smallest absolute Gasteiger partial charge is 0.0213 e. The van der Waals surface area contributed by atoms with Crippen molar-refractivity contribution in [3.05, 3.63) is 84.9 Å². The minimum atomic E-state index is 0. The van der Waals surface area contributed by atoms with Crippen molar-refractivity contribution >= 4 is 65.4 Å². The molecular formula is C22H30Cl2HfSi2-2. The molecule has 5 heteroatoms. The minimum absolute atomic E-state index is 0. The third-order valence-electron chi connectivity index (χ3n) is 3.10. The molecule has 0 aliphatic rings. The van der Waals surface area contributed by atoms with Crippen molar-refractivity contribution < 1.29 is 25.8 Å². The van der Waals surface area contributed by atoms with Gasteiger partial charge in [-0.15, -0.1) is 84.1 Å². The van der Waals surface area contributed by atoms with Crippen LogP contribution in [0, 0.1) is 0 Å². The zero-order valence-corrected chi connectivity index (χ0v) is 24.1. The van der Waals surface area contributed by atoms with Crippen molar-refractivity contribution in [2.45, 2.75) is 26.2 Å². The summed E-state index contributed by atoms with van der Waals surface area (Å²) in [7, 11) is 1.50. The van der Waals surface area contributed by atoms with Crippen LogP contribution in [0.1, 0.15) is 0 Å². The maximum absolute atomic E-state index is 2.21. The van der Waals surface area contributed by atoms with Crippen molar-refractivity contribution in [1.29, 1.82) is 0 Å². The summed E-state index contributed by atoms with van der Waals surface area (Å²) in [4.78, 5) is 0. The van der Waals surface area contributed by atoms with Crippen LogP contribution < -0.4 is 0 Å². The average molecular weight is 600 g/mol. The van der Waals surface area contributed by atoms with Gasteiger partial charge in [0.25, 0.3) is 0 Å². The van der Waals surface area contributed by atoms with Crippen LogP contribution in [0.3, 0.4) is 0 Å². The molecule has 0 bridgehead atoms. The Balaban J connectivity index is -0.000000307. The van der Waals surface area contributed by atoms with Crippen LogP contribution in [0.5, 0.6) is 0 Å². The molecule has 0 spiro atoms. The predicted molar refractivity (Wildman–Crippen MR) is 131 cm³/mol. The number of rotatable bonds is 0. The van der Waals surface area contributed by atoms with Gasteiger partial charge in [-0.1, -0.05) is 38.3 Å². The molecule has 0 fully saturated rings. The van der Waals surface area contributed by atoms with Crippen LogP contribution in [0.15, 0.2) is 84.9 Å². The van der Waals surface area contributed by atoms with Crippen LogP contribution in [-0.4, -0.2) is 19.0 Å². The van der Waals surface area contributed by atoms with E-state index in [-0.39, 0.29) is 50.7 Å². The molecule has 4 rings (SSSR count). The molecule has 0 heterocycles. The van der Waals surface area contributed by atoms with Gasteiger partial charge in [0.1, 0.15) is 0 Å².